The minimum Gasteiger partial charge on any atom is -0.385 e. The maximum absolute atomic E-state index is 13.5. The highest BCUT2D eigenvalue weighted by Gasteiger charge is 2.27. The summed E-state index contributed by atoms with van der Waals surface area (Å²) in [5.74, 6) is -0.266. The van der Waals surface area contributed by atoms with E-state index in [4.69, 9.17) is 9.47 Å². The van der Waals surface area contributed by atoms with Crippen LogP contribution >= 0.6 is 0 Å². The number of carbonyl (C=O) groups is 1. The fraction of sp³-hybridized carbons (Fsp3) is 0.591. The Balaban J connectivity index is 1.23. The molecule has 1 aromatic heterocycles. The minimum absolute atomic E-state index is 0.114. The highest BCUT2D eigenvalue weighted by molar-refractivity contribution is 5.74. The molecule has 1 unspecified atom stereocenters. The predicted octanol–water partition coefficient (Wildman–Crippen LogP) is 1.99. The predicted molar refractivity (Wildman–Crippen MR) is 115 cm³/mol. The van der Waals surface area contributed by atoms with Crippen molar-refractivity contribution in [1.29, 1.82) is 0 Å². The van der Waals surface area contributed by atoms with Crippen LogP contribution in [-0.2, 0) is 29.2 Å². The van der Waals surface area contributed by atoms with Crippen LogP contribution in [0.25, 0.3) is 0 Å². The number of nitrogens with one attached hydrogen (secondary N) is 2. The number of benzene rings is 1. The van der Waals surface area contributed by atoms with Crippen LogP contribution in [0, 0.1) is 5.82 Å². The van der Waals surface area contributed by atoms with Crippen molar-refractivity contribution in [3.05, 3.63) is 47.0 Å². The molecule has 9 nitrogen and oxygen atoms in total. The summed E-state index contributed by atoms with van der Waals surface area (Å²) in [6.45, 7) is 4.66. The molecule has 2 amide bonds. The number of amides is 2. The second-order valence-corrected chi connectivity index (χ2v) is 8.32. The number of fused-ring (bicyclic) bond motifs is 1. The standard InChI is InChI=1S/C22H31FN6O3/c1-31-11-3-8-24-22(30)25-18-6-9-28(10-7-18)13-19-20-15-32-21(14-29(20)27-26-19)16-4-2-5-17(23)12-16/h2,4-5,12,18,21H,3,6-11,13-15H2,1H3,(H2,24,25,30). The first-order valence-corrected chi connectivity index (χ1v) is 11.2. The van der Waals surface area contributed by atoms with Crippen molar-refractivity contribution in [2.24, 2.45) is 0 Å². The van der Waals surface area contributed by atoms with Crippen molar-refractivity contribution in [3.63, 3.8) is 0 Å². The van der Waals surface area contributed by atoms with E-state index in [1.54, 1.807) is 13.2 Å². The van der Waals surface area contributed by atoms with E-state index in [9.17, 15) is 9.18 Å². The highest BCUT2D eigenvalue weighted by Crippen LogP contribution is 2.28. The number of aromatic nitrogens is 3. The summed E-state index contributed by atoms with van der Waals surface area (Å²) < 4.78 is 26.4. The molecular formula is C22H31FN6O3. The first-order valence-electron chi connectivity index (χ1n) is 11.2. The molecular weight excluding hydrogens is 415 g/mol. The molecule has 1 saturated heterocycles. The Morgan fingerprint density at radius 3 is 2.97 bits per heavy atom. The van der Waals surface area contributed by atoms with Gasteiger partial charge in [-0.3, -0.25) is 4.90 Å². The Labute approximate surface area is 187 Å². The summed E-state index contributed by atoms with van der Waals surface area (Å²) in [7, 11) is 1.65. The van der Waals surface area contributed by atoms with Crippen LogP contribution in [-0.4, -0.2) is 65.3 Å². The molecule has 2 aromatic rings. The number of hydrogen-bond acceptors (Lipinski definition) is 6. The molecule has 2 aliphatic heterocycles. The second kappa shape index (κ2) is 10.8. The molecule has 2 N–H and O–H groups in total. The topological polar surface area (TPSA) is 93.5 Å². The van der Waals surface area contributed by atoms with Gasteiger partial charge < -0.3 is 20.1 Å². The lowest BCUT2D eigenvalue weighted by Gasteiger charge is -2.32. The Kier molecular flexibility index (Phi) is 7.67. The first-order chi connectivity index (χ1) is 15.6. The molecule has 1 fully saturated rings. The van der Waals surface area contributed by atoms with E-state index in [-0.39, 0.29) is 24.0 Å². The van der Waals surface area contributed by atoms with E-state index in [1.807, 2.05) is 10.7 Å². The van der Waals surface area contributed by atoms with Crippen molar-refractivity contribution in [1.82, 2.24) is 30.5 Å². The third-order valence-electron chi connectivity index (χ3n) is 6.01. The molecule has 10 heteroatoms. The van der Waals surface area contributed by atoms with Gasteiger partial charge in [0.2, 0.25) is 0 Å². The van der Waals surface area contributed by atoms with Crippen LogP contribution in [0.3, 0.4) is 0 Å². The summed E-state index contributed by atoms with van der Waals surface area (Å²) in [5.41, 5.74) is 2.71. The molecule has 2 aliphatic rings. The van der Waals surface area contributed by atoms with Crippen molar-refractivity contribution in [2.45, 2.75) is 51.1 Å². The van der Waals surface area contributed by atoms with Crippen molar-refractivity contribution >= 4 is 6.03 Å². The first kappa shape index (κ1) is 22.6. The number of hydrogen-bond donors (Lipinski definition) is 2. The Morgan fingerprint density at radius 2 is 2.19 bits per heavy atom. The van der Waals surface area contributed by atoms with Crippen LogP contribution in [0.5, 0.6) is 0 Å². The van der Waals surface area contributed by atoms with Gasteiger partial charge in [0.25, 0.3) is 0 Å². The van der Waals surface area contributed by atoms with Gasteiger partial charge in [-0.1, -0.05) is 17.3 Å². The minimum atomic E-state index is -0.266. The molecule has 32 heavy (non-hydrogen) atoms. The molecule has 4 rings (SSSR count). The second-order valence-electron chi connectivity index (χ2n) is 8.32. The number of rotatable bonds is 8. The van der Waals surface area contributed by atoms with Gasteiger partial charge in [-0.2, -0.15) is 0 Å². The summed E-state index contributed by atoms with van der Waals surface area (Å²) in [4.78, 5) is 14.3. The lowest BCUT2D eigenvalue weighted by molar-refractivity contribution is -0.00232. The third-order valence-corrected chi connectivity index (χ3v) is 6.01. The van der Waals surface area contributed by atoms with Gasteiger partial charge in [0.05, 0.1) is 18.8 Å². The summed E-state index contributed by atoms with van der Waals surface area (Å²) >= 11 is 0. The smallest absolute Gasteiger partial charge is 0.315 e. The number of nitrogens with zero attached hydrogens (tertiary/aromatic N) is 4. The van der Waals surface area contributed by atoms with Crippen molar-refractivity contribution in [3.8, 4) is 0 Å². The van der Waals surface area contributed by atoms with Gasteiger partial charge in [-0.05, 0) is 37.0 Å². The summed E-state index contributed by atoms with van der Waals surface area (Å²) in [5, 5.41) is 14.6. The number of likely N-dealkylation sites (tertiary alicyclic amines) is 1. The fourth-order valence-electron chi connectivity index (χ4n) is 4.20. The normalized spacial score (nSPS) is 19.5. The SMILES string of the molecule is COCCCNC(=O)NC1CCN(Cc2nnn3c2COC(c2cccc(F)c2)C3)CC1. The monoisotopic (exact) mass is 446 g/mol. The molecule has 3 heterocycles. The number of methoxy groups -OCH3 is 1. The van der Waals surface area contributed by atoms with Crippen LogP contribution < -0.4 is 10.6 Å². The largest absolute Gasteiger partial charge is 0.385 e. The van der Waals surface area contributed by atoms with Crippen LogP contribution in [0.15, 0.2) is 24.3 Å². The summed E-state index contributed by atoms with van der Waals surface area (Å²) in [6, 6.07) is 6.56. The zero-order valence-electron chi connectivity index (χ0n) is 18.4. The van der Waals surface area contributed by atoms with Crippen LogP contribution in [0.1, 0.15) is 42.3 Å². The Bertz CT molecular complexity index is 900. The summed E-state index contributed by atoms with van der Waals surface area (Å²) in [6.07, 6.45) is 2.37. The van der Waals surface area contributed by atoms with Gasteiger partial charge in [-0.25, -0.2) is 13.9 Å². The Morgan fingerprint density at radius 1 is 1.34 bits per heavy atom. The zero-order chi connectivity index (χ0) is 22.3. The van der Waals surface area contributed by atoms with E-state index >= 15 is 0 Å². The fourth-order valence-corrected chi connectivity index (χ4v) is 4.20. The molecule has 0 bridgehead atoms. The number of ether oxygens (including phenoxy) is 2. The van der Waals surface area contributed by atoms with E-state index in [2.05, 4.69) is 25.8 Å². The molecule has 0 spiro atoms. The molecule has 0 radical (unpaired) electrons. The molecule has 1 aromatic carbocycles. The average Bonchev–Trinajstić information content (AvgIpc) is 3.20. The van der Waals surface area contributed by atoms with E-state index in [0.717, 1.165) is 49.3 Å². The maximum Gasteiger partial charge on any atom is 0.315 e. The molecule has 174 valence electrons. The number of piperidine rings is 1. The molecule has 0 aliphatic carbocycles. The molecule has 0 saturated carbocycles. The van der Waals surface area contributed by atoms with Crippen molar-refractivity contribution < 1.29 is 18.7 Å². The van der Waals surface area contributed by atoms with Gasteiger partial charge in [0.1, 0.15) is 17.6 Å². The number of carbonyl (C=O) groups excluding carboxylic acids is 1. The van der Waals surface area contributed by atoms with Gasteiger partial charge in [0.15, 0.2) is 0 Å². The maximum atomic E-state index is 13.5. The Hall–Kier alpha value is -2.56. The average molecular weight is 447 g/mol. The van der Waals surface area contributed by atoms with Gasteiger partial charge >= 0.3 is 6.03 Å². The highest BCUT2D eigenvalue weighted by atomic mass is 19.1. The quantitative estimate of drug-likeness (QED) is 0.603. The molecule has 1 atom stereocenters. The van der Waals surface area contributed by atoms with Crippen molar-refractivity contribution in [2.75, 3.05) is 33.4 Å². The lowest BCUT2D eigenvalue weighted by atomic mass is 10.0. The number of halogens is 1. The number of urea groups is 1. The van der Waals surface area contributed by atoms with Crippen LogP contribution in [0.2, 0.25) is 0 Å². The van der Waals surface area contributed by atoms with E-state index in [1.165, 1.54) is 12.1 Å². The van der Waals surface area contributed by atoms with Gasteiger partial charge in [-0.15, -0.1) is 5.10 Å². The lowest BCUT2D eigenvalue weighted by Crippen LogP contribution is -2.48. The van der Waals surface area contributed by atoms with E-state index < -0.39 is 0 Å². The zero-order valence-corrected chi connectivity index (χ0v) is 18.4. The third kappa shape index (κ3) is 5.81. The van der Waals surface area contributed by atoms with Gasteiger partial charge in [0, 0.05) is 45.9 Å². The van der Waals surface area contributed by atoms with Crippen LogP contribution in [0.4, 0.5) is 9.18 Å². The van der Waals surface area contributed by atoms with E-state index in [0.29, 0.717) is 32.8 Å².